The highest BCUT2D eigenvalue weighted by atomic mass is 32.2. The molecule has 0 aliphatic rings. The number of sulfonamides is 1. The maximum Gasteiger partial charge on any atom is 0.209 e. The van der Waals surface area contributed by atoms with Crippen LogP contribution in [-0.2, 0) is 16.6 Å². The molecule has 1 N–H and O–H groups in total. The minimum absolute atomic E-state index is 0.131. The van der Waals surface area contributed by atoms with E-state index in [4.69, 9.17) is 0 Å². The minimum Gasteiger partial charge on any atom is -0.213 e. The van der Waals surface area contributed by atoms with Crippen molar-refractivity contribution in [1.82, 2.24) is 4.72 Å². The van der Waals surface area contributed by atoms with E-state index in [1.54, 1.807) is 24.3 Å². The molecular formula is C13H13FNO2S. The summed E-state index contributed by atoms with van der Waals surface area (Å²) < 4.78 is 38.1. The first kappa shape index (κ1) is 13.0. The van der Waals surface area contributed by atoms with E-state index < -0.39 is 10.0 Å². The zero-order valence-electron chi connectivity index (χ0n) is 9.90. The molecule has 0 spiro atoms. The van der Waals surface area contributed by atoms with Crippen LogP contribution in [0.3, 0.4) is 0 Å². The fourth-order valence-corrected chi connectivity index (χ4v) is 2.24. The predicted molar refractivity (Wildman–Crippen MR) is 70.0 cm³/mol. The Hall–Kier alpha value is -1.46. The third-order valence-electron chi connectivity index (χ3n) is 2.63. The van der Waals surface area contributed by atoms with E-state index in [1.165, 1.54) is 6.07 Å². The molecule has 18 heavy (non-hydrogen) atoms. The second kappa shape index (κ2) is 4.66. The lowest BCUT2D eigenvalue weighted by atomic mass is 10.0. The average molecular weight is 266 g/mol. The first-order chi connectivity index (χ1) is 8.37. The zero-order valence-corrected chi connectivity index (χ0v) is 10.7. The van der Waals surface area contributed by atoms with E-state index in [-0.39, 0.29) is 12.4 Å². The van der Waals surface area contributed by atoms with Gasteiger partial charge in [-0.05, 0) is 35.6 Å². The fourth-order valence-electron chi connectivity index (χ4n) is 1.81. The molecule has 0 aliphatic carbocycles. The molecule has 95 valence electrons. The van der Waals surface area contributed by atoms with Crippen LogP contribution in [0, 0.1) is 12.7 Å². The third kappa shape index (κ3) is 2.86. The van der Waals surface area contributed by atoms with Crippen LogP contribution >= 0.6 is 0 Å². The van der Waals surface area contributed by atoms with E-state index in [0.29, 0.717) is 16.5 Å². The van der Waals surface area contributed by atoms with Gasteiger partial charge in [-0.1, -0.05) is 18.2 Å². The normalized spacial score (nSPS) is 11.9. The summed E-state index contributed by atoms with van der Waals surface area (Å²) in [5.74, 6) is -0.335. The van der Waals surface area contributed by atoms with Gasteiger partial charge in [0.1, 0.15) is 5.82 Å². The highest BCUT2D eigenvalue weighted by molar-refractivity contribution is 7.88. The van der Waals surface area contributed by atoms with E-state index in [9.17, 15) is 12.8 Å². The van der Waals surface area contributed by atoms with Crippen molar-refractivity contribution in [3.05, 3.63) is 54.2 Å². The Morgan fingerprint density at radius 1 is 1.28 bits per heavy atom. The maximum atomic E-state index is 13.7. The minimum atomic E-state index is -3.26. The van der Waals surface area contributed by atoms with Crippen LogP contribution < -0.4 is 4.72 Å². The third-order valence-corrected chi connectivity index (χ3v) is 3.30. The van der Waals surface area contributed by atoms with Gasteiger partial charge in [-0.2, -0.15) is 0 Å². The summed E-state index contributed by atoms with van der Waals surface area (Å²) in [5.41, 5.74) is 1.36. The Morgan fingerprint density at radius 2 is 2.00 bits per heavy atom. The van der Waals surface area contributed by atoms with E-state index in [0.717, 1.165) is 11.6 Å². The molecule has 0 saturated carbocycles. The quantitative estimate of drug-likeness (QED) is 0.925. The molecule has 0 aromatic heterocycles. The molecule has 0 fully saturated rings. The first-order valence-electron chi connectivity index (χ1n) is 5.34. The highest BCUT2D eigenvalue weighted by Crippen LogP contribution is 2.23. The van der Waals surface area contributed by atoms with Crippen LogP contribution in [0.5, 0.6) is 0 Å². The van der Waals surface area contributed by atoms with Gasteiger partial charge in [-0.3, -0.25) is 0 Å². The second-order valence-electron chi connectivity index (χ2n) is 4.18. The van der Waals surface area contributed by atoms with Crippen LogP contribution in [0.1, 0.15) is 11.1 Å². The Balaban J connectivity index is 2.45. The zero-order chi connectivity index (χ0) is 13.3. The Labute approximate surface area is 106 Å². The molecule has 0 amide bonds. The summed E-state index contributed by atoms with van der Waals surface area (Å²) in [6, 6.07) is 8.17. The molecule has 3 nitrogen and oxygen atoms in total. The molecule has 0 bridgehead atoms. The van der Waals surface area contributed by atoms with Crippen molar-refractivity contribution in [2.45, 2.75) is 6.54 Å². The van der Waals surface area contributed by atoms with Gasteiger partial charge in [-0.25, -0.2) is 17.5 Å². The van der Waals surface area contributed by atoms with Gasteiger partial charge in [0.2, 0.25) is 10.0 Å². The van der Waals surface area contributed by atoms with E-state index in [2.05, 4.69) is 11.6 Å². The Bertz CT molecular complexity index is 695. The fraction of sp³-hybridized carbons (Fsp3) is 0.154. The monoisotopic (exact) mass is 266 g/mol. The van der Waals surface area contributed by atoms with Gasteiger partial charge in [0, 0.05) is 11.9 Å². The summed E-state index contributed by atoms with van der Waals surface area (Å²) >= 11 is 0. The van der Waals surface area contributed by atoms with Gasteiger partial charge in [0.05, 0.1) is 6.26 Å². The number of benzene rings is 2. The van der Waals surface area contributed by atoms with Crippen LogP contribution in [0.4, 0.5) is 4.39 Å². The van der Waals surface area contributed by atoms with Gasteiger partial charge < -0.3 is 0 Å². The predicted octanol–water partition coefficient (Wildman–Crippen LogP) is 2.21. The van der Waals surface area contributed by atoms with E-state index >= 15 is 0 Å². The van der Waals surface area contributed by atoms with Crippen LogP contribution in [0.15, 0.2) is 30.3 Å². The van der Waals surface area contributed by atoms with E-state index in [1.807, 2.05) is 0 Å². The lowest BCUT2D eigenvalue weighted by Crippen LogP contribution is -2.21. The smallest absolute Gasteiger partial charge is 0.209 e. The van der Waals surface area contributed by atoms with Gasteiger partial charge in [0.25, 0.3) is 0 Å². The van der Waals surface area contributed by atoms with Crippen molar-refractivity contribution in [2.75, 3.05) is 6.26 Å². The standard InChI is InChI=1S/C13H13FNO2S/c1-9-6-10(8-15-18(2,16)17)7-12-11(9)4-3-5-13(12)14/h3-7,15H,1,8H2,2H3. The molecule has 0 atom stereocenters. The van der Waals surface area contributed by atoms with Crippen molar-refractivity contribution < 1.29 is 12.8 Å². The summed E-state index contributed by atoms with van der Waals surface area (Å²) in [4.78, 5) is 0. The van der Waals surface area contributed by atoms with Crippen molar-refractivity contribution >= 4 is 20.8 Å². The number of rotatable bonds is 3. The highest BCUT2D eigenvalue weighted by Gasteiger charge is 2.07. The van der Waals surface area contributed by atoms with Crippen molar-refractivity contribution in [1.29, 1.82) is 0 Å². The van der Waals surface area contributed by atoms with Crippen LogP contribution in [0.2, 0.25) is 0 Å². The molecule has 2 rings (SSSR count). The topological polar surface area (TPSA) is 46.2 Å². The van der Waals surface area contributed by atoms with Crippen LogP contribution in [-0.4, -0.2) is 14.7 Å². The lowest BCUT2D eigenvalue weighted by molar-refractivity contribution is 0.587. The molecular weight excluding hydrogens is 253 g/mol. The molecule has 2 aromatic rings. The SMILES string of the molecule is [CH2]c1cc(CNS(C)(=O)=O)cc2c(F)cccc12. The summed E-state index contributed by atoms with van der Waals surface area (Å²) in [6.07, 6.45) is 1.08. The first-order valence-corrected chi connectivity index (χ1v) is 7.24. The van der Waals surface area contributed by atoms with Gasteiger partial charge in [0.15, 0.2) is 0 Å². The van der Waals surface area contributed by atoms with Crippen molar-refractivity contribution in [3.63, 3.8) is 0 Å². The molecule has 5 heteroatoms. The molecule has 0 aliphatic heterocycles. The maximum absolute atomic E-state index is 13.7. The number of nitrogens with one attached hydrogen (secondary N) is 1. The molecule has 0 unspecified atom stereocenters. The average Bonchev–Trinajstić information content (AvgIpc) is 2.27. The largest absolute Gasteiger partial charge is 0.213 e. The lowest BCUT2D eigenvalue weighted by Gasteiger charge is -2.08. The molecule has 2 aromatic carbocycles. The van der Waals surface area contributed by atoms with Crippen molar-refractivity contribution in [3.8, 4) is 0 Å². The number of fused-ring (bicyclic) bond motifs is 1. The molecule has 0 heterocycles. The number of halogens is 1. The van der Waals surface area contributed by atoms with Crippen molar-refractivity contribution in [2.24, 2.45) is 0 Å². The number of hydrogen-bond donors (Lipinski definition) is 1. The molecule has 1 radical (unpaired) electrons. The van der Waals surface area contributed by atoms with Gasteiger partial charge in [-0.15, -0.1) is 0 Å². The molecule has 0 saturated heterocycles. The Morgan fingerprint density at radius 3 is 2.67 bits per heavy atom. The van der Waals surface area contributed by atoms with Crippen LogP contribution in [0.25, 0.3) is 10.8 Å². The summed E-state index contributed by atoms with van der Waals surface area (Å²) in [5, 5.41) is 1.19. The second-order valence-corrected chi connectivity index (χ2v) is 6.02. The summed E-state index contributed by atoms with van der Waals surface area (Å²) in [6.45, 7) is 3.98. The Kier molecular flexibility index (Phi) is 3.36. The summed E-state index contributed by atoms with van der Waals surface area (Å²) in [7, 11) is -3.26. The van der Waals surface area contributed by atoms with Gasteiger partial charge >= 0.3 is 0 Å². The number of hydrogen-bond acceptors (Lipinski definition) is 2.